The quantitative estimate of drug-likeness (QED) is 0.670. The lowest BCUT2D eigenvalue weighted by atomic mass is 10.00. The van der Waals surface area contributed by atoms with E-state index in [1.54, 1.807) is 24.6 Å². The number of aliphatic hydroxyl groups excluding tert-OH is 1. The van der Waals surface area contributed by atoms with Crippen LogP contribution in [0, 0.1) is 6.92 Å². The summed E-state index contributed by atoms with van der Waals surface area (Å²) in [6.45, 7) is 9.49. The summed E-state index contributed by atoms with van der Waals surface area (Å²) in [6, 6.07) is 13.3. The van der Waals surface area contributed by atoms with E-state index in [1.807, 2.05) is 57.2 Å². The van der Waals surface area contributed by atoms with Crippen LogP contribution >= 0.6 is 0 Å². The maximum absolute atomic E-state index is 12.9. The summed E-state index contributed by atoms with van der Waals surface area (Å²) in [7, 11) is 0. The lowest BCUT2D eigenvalue weighted by Gasteiger charge is -2.18. The summed E-state index contributed by atoms with van der Waals surface area (Å²) >= 11 is 0. The first-order valence-electron chi connectivity index (χ1n) is 9.76. The molecule has 29 heavy (non-hydrogen) atoms. The number of aliphatic hydroxyl groups is 1. The standard InChI is InChI=1S/C22H27N5O2/c1-13(2)21-24-25-26-27(21)20-11-18(17-8-6-14(3)7-9-17)10-19(12-20)22(29)23-15(4)16(5)28/h6-13,15-16,28H,1-5H3,(H,23,29)/t15-,16?/m0/s1. The highest BCUT2D eigenvalue weighted by Gasteiger charge is 2.18. The Kier molecular flexibility index (Phi) is 6.08. The Labute approximate surface area is 170 Å². The number of hydrogen-bond donors (Lipinski definition) is 2. The number of nitrogens with one attached hydrogen (secondary N) is 1. The Balaban J connectivity index is 2.10. The largest absolute Gasteiger partial charge is 0.391 e. The smallest absolute Gasteiger partial charge is 0.251 e. The number of nitrogens with zero attached hydrogens (tertiary/aromatic N) is 4. The number of aryl methyl sites for hydroxylation is 1. The fraction of sp³-hybridized carbons (Fsp3) is 0.364. The lowest BCUT2D eigenvalue weighted by molar-refractivity contribution is 0.0874. The number of tetrazole rings is 1. The molecule has 0 radical (unpaired) electrons. The first-order chi connectivity index (χ1) is 13.8. The number of benzene rings is 2. The Morgan fingerprint density at radius 1 is 1.03 bits per heavy atom. The average molecular weight is 393 g/mol. The van der Waals surface area contributed by atoms with E-state index in [0.29, 0.717) is 11.3 Å². The van der Waals surface area contributed by atoms with Gasteiger partial charge in [-0.15, -0.1) is 5.10 Å². The van der Waals surface area contributed by atoms with Gasteiger partial charge >= 0.3 is 0 Å². The maximum atomic E-state index is 12.9. The molecule has 7 nitrogen and oxygen atoms in total. The normalized spacial score (nSPS) is 13.3. The predicted octanol–water partition coefficient (Wildman–Crippen LogP) is 3.26. The van der Waals surface area contributed by atoms with Crippen molar-refractivity contribution in [2.75, 3.05) is 0 Å². The van der Waals surface area contributed by atoms with Crippen molar-refractivity contribution < 1.29 is 9.90 Å². The molecule has 1 aromatic heterocycles. The number of carbonyl (C=O) groups excluding carboxylic acids is 1. The molecule has 1 unspecified atom stereocenters. The van der Waals surface area contributed by atoms with Crippen molar-refractivity contribution in [1.29, 1.82) is 0 Å². The molecule has 152 valence electrons. The van der Waals surface area contributed by atoms with Crippen molar-refractivity contribution in [3.05, 3.63) is 59.4 Å². The van der Waals surface area contributed by atoms with Gasteiger partial charge in [0.2, 0.25) is 0 Å². The van der Waals surface area contributed by atoms with E-state index in [2.05, 4.69) is 20.8 Å². The van der Waals surface area contributed by atoms with Gasteiger partial charge in [-0.05, 0) is 60.5 Å². The van der Waals surface area contributed by atoms with Gasteiger partial charge in [0.25, 0.3) is 5.91 Å². The van der Waals surface area contributed by atoms with Gasteiger partial charge in [0, 0.05) is 11.5 Å². The van der Waals surface area contributed by atoms with Crippen LogP contribution in [0.1, 0.15) is 55.4 Å². The number of amides is 1. The number of aromatic nitrogens is 4. The second-order valence-electron chi connectivity index (χ2n) is 7.74. The zero-order valence-corrected chi connectivity index (χ0v) is 17.4. The summed E-state index contributed by atoms with van der Waals surface area (Å²) in [6.07, 6.45) is -0.647. The molecule has 0 aliphatic heterocycles. The zero-order valence-electron chi connectivity index (χ0n) is 17.4. The summed E-state index contributed by atoms with van der Waals surface area (Å²) in [4.78, 5) is 12.9. The predicted molar refractivity (Wildman–Crippen MR) is 112 cm³/mol. The Bertz CT molecular complexity index is 993. The molecule has 7 heteroatoms. The molecule has 1 amide bonds. The van der Waals surface area contributed by atoms with Crippen molar-refractivity contribution in [3.8, 4) is 16.8 Å². The van der Waals surface area contributed by atoms with Gasteiger partial charge in [-0.1, -0.05) is 43.7 Å². The summed E-state index contributed by atoms with van der Waals surface area (Å²) in [5.74, 6) is 0.586. The van der Waals surface area contributed by atoms with Gasteiger partial charge < -0.3 is 10.4 Å². The highest BCUT2D eigenvalue weighted by Crippen LogP contribution is 2.26. The number of hydrogen-bond acceptors (Lipinski definition) is 5. The molecule has 0 aliphatic carbocycles. The van der Waals surface area contributed by atoms with E-state index in [4.69, 9.17) is 0 Å². The van der Waals surface area contributed by atoms with Crippen LogP contribution in [0.5, 0.6) is 0 Å². The van der Waals surface area contributed by atoms with Crippen molar-refractivity contribution >= 4 is 5.91 Å². The Hall–Kier alpha value is -3.06. The van der Waals surface area contributed by atoms with Gasteiger partial charge in [0.05, 0.1) is 17.8 Å². The van der Waals surface area contributed by atoms with Gasteiger partial charge in [-0.25, -0.2) is 0 Å². The van der Waals surface area contributed by atoms with Crippen LogP contribution in [0.3, 0.4) is 0 Å². The van der Waals surface area contributed by atoms with E-state index >= 15 is 0 Å². The van der Waals surface area contributed by atoms with Crippen LogP contribution in [0.4, 0.5) is 0 Å². The van der Waals surface area contributed by atoms with Crippen LogP contribution in [0.15, 0.2) is 42.5 Å². The molecule has 0 aliphatic rings. The third-order valence-electron chi connectivity index (χ3n) is 4.90. The second kappa shape index (κ2) is 8.53. The van der Waals surface area contributed by atoms with Crippen LogP contribution in [-0.4, -0.2) is 43.4 Å². The van der Waals surface area contributed by atoms with Crippen molar-refractivity contribution in [2.24, 2.45) is 0 Å². The summed E-state index contributed by atoms with van der Waals surface area (Å²) in [5, 5.41) is 24.6. The third-order valence-corrected chi connectivity index (χ3v) is 4.90. The monoisotopic (exact) mass is 393 g/mol. The zero-order chi connectivity index (χ0) is 21.1. The molecule has 0 spiro atoms. The number of rotatable bonds is 6. The average Bonchev–Trinajstić information content (AvgIpc) is 3.18. The first-order valence-corrected chi connectivity index (χ1v) is 9.76. The Morgan fingerprint density at radius 2 is 1.72 bits per heavy atom. The van der Waals surface area contributed by atoms with E-state index in [9.17, 15) is 9.90 Å². The molecular weight excluding hydrogens is 366 g/mol. The van der Waals surface area contributed by atoms with E-state index in [0.717, 1.165) is 22.5 Å². The van der Waals surface area contributed by atoms with Crippen molar-refractivity contribution in [3.63, 3.8) is 0 Å². The molecule has 0 bridgehead atoms. The van der Waals surface area contributed by atoms with Crippen molar-refractivity contribution in [2.45, 2.75) is 52.7 Å². The third kappa shape index (κ3) is 4.68. The van der Waals surface area contributed by atoms with Gasteiger partial charge in [-0.2, -0.15) is 4.68 Å². The minimum atomic E-state index is -0.647. The minimum Gasteiger partial charge on any atom is -0.391 e. The van der Waals surface area contributed by atoms with Crippen LogP contribution in [0.25, 0.3) is 16.8 Å². The highest BCUT2D eigenvalue weighted by atomic mass is 16.3. The second-order valence-corrected chi connectivity index (χ2v) is 7.74. The van der Waals surface area contributed by atoms with Gasteiger partial charge in [0.1, 0.15) is 0 Å². The molecule has 3 rings (SSSR count). The number of carbonyl (C=O) groups is 1. The molecule has 3 aromatic rings. The fourth-order valence-corrected chi connectivity index (χ4v) is 2.93. The summed E-state index contributed by atoms with van der Waals surface area (Å²) in [5.41, 5.74) is 4.25. The Morgan fingerprint density at radius 3 is 2.34 bits per heavy atom. The van der Waals surface area contributed by atoms with E-state index in [1.165, 1.54) is 0 Å². The van der Waals surface area contributed by atoms with Crippen LogP contribution in [-0.2, 0) is 0 Å². The SMILES string of the molecule is Cc1ccc(-c2cc(C(=O)N[C@@H](C)C(C)O)cc(-n3nnnc3C(C)C)c2)cc1. The molecule has 2 aromatic carbocycles. The van der Waals surface area contributed by atoms with Crippen LogP contribution in [0.2, 0.25) is 0 Å². The van der Waals surface area contributed by atoms with Crippen LogP contribution < -0.4 is 5.32 Å². The van der Waals surface area contributed by atoms with E-state index < -0.39 is 6.10 Å². The first kappa shape index (κ1) is 20.7. The molecule has 2 N–H and O–H groups in total. The molecule has 2 atom stereocenters. The lowest BCUT2D eigenvalue weighted by Crippen LogP contribution is -2.39. The minimum absolute atomic E-state index is 0.126. The molecule has 0 saturated carbocycles. The van der Waals surface area contributed by atoms with E-state index in [-0.39, 0.29) is 17.9 Å². The summed E-state index contributed by atoms with van der Waals surface area (Å²) < 4.78 is 1.66. The molecule has 0 fully saturated rings. The highest BCUT2D eigenvalue weighted by molar-refractivity contribution is 5.96. The fourth-order valence-electron chi connectivity index (χ4n) is 2.93. The van der Waals surface area contributed by atoms with Gasteiger partial charge in [0.15, 0.2) is 5.82 Å². The van der Waals surface area contributed by atoms with Gasteiger partial charge in [-0.3, -0.25) is 4.79 Å². The van der Waals surface area contributed by atoms with Crippen molar-refractivity contribution in [1.82, 2.24) is 25.5 Å². The topological polar surface area (TPSA) is 92.9 Å². The molecule has 0 saturated heterocycles. The molecule has 1 heterocycles. The maximum Gasteiger partial charge on any atom is 0.251 e. The molecular formula is C22H27N5O2.